The molecule has 1 aliphatic heterocycles. The Balaban J connectivity index is 1.67. The molecular formula is C19H26N6O. The fourth-order valence-electron chi connectivity index (χ4n) is 3.17. The van der Waals surface area contributed by atoms with Crippen molar-refractivity contribution in [3.05, 3.63) is 35.8 Å². The summed E-state index contributed by atoms with van der Waals surface area (Å²) in [5.41, 5.74) is 3.91. The van der Waals surface area contributed by atoms with Gasteiger partial charge in [0.05, 0.1) is 12.2 Å². The third kappa shape index (κ3) is 4.35. The summed E-state index contributed by atoms with van der Waals surface area (Å²) in [6.45, 7) is 10.3. The Morgan fingerprint density at radius 3 is 2.58 bits per heavy atom. The van der Waals surface area contributed by atoms with E-state index in [0.717, 1.165) is 54.8 Å². The second-order valence-electron chi connectivity index (χ2n) is 6.54. The molecule has 0 unspecified atom stereocenters. The van der Waals surface area contributed by atoms with Crippen LogP contribution >= 0.6 is 0 Å². The lowest BCUT2D eigenvalue weighted by atomic mass is 10.1. The molecule has 0 spiro atoms. The summed E-state index contributed by atoms with van der Waals surface area (Å²) < 4.78 is 0. The minimum absolute atomic E-state index is 0.0848. The van der Waals surface area contributed by atoms with Crippen molar-refractivity contribution in [3.8, 4) is 11.3 Å². The van der Waals surface area contributed by atoms with Gasteiger partial charge >= 0.3 is 0 Å². The van der Waals surface area contributed by atoms with E-state index < -0.39 is 0 Å². The van der Waals surface area contributed by atoms with Crippen molar-refractivity contribution < 1.29 is 4.79 Å². The summed E-state index contributed by atoms with van der Waals surface area (Å²) in [5.74, 6) is 0.821. The molecular weight excluding hydrogens is 328 g/mol. The molecule has 1 fully saturated rings. The summed E-state index contributed by atoms with van der Waals surface area (Å²) in [5, 5.41) is 2.85. The van der Waals surface area contributed by atoms with Gasteiger partial charge in [-0.1, -0.05) is 0 Å². The first kappa shape index (κ1) is 18.3. The largest absolute Gasteiger partial charge is 0.355 e. The molecule has 0 saturated carbocycles. The van der Waals surface area contributed by atoms with Crippen molar-refractivity contribution in [3.63, 3.8) is 0 Å². The minimum Gasteiger partial charge on any atom is -0.355 e. The van der Waals surface area contributed by atoms with E-state index in [0.29, 0.717) is 13.1 Å². The highest BCUT2D eigenvalue weighted by Crippen LogP contribution is 2.22. The van der Waals surface area contributed by atoms with Gasteiger partial charge in [-0.2, -0.15) is 0 Å². The van der Waals surface area contributed by atoms with Crippen LogP contribution in [0.3, 0.4) is 0 Å². The number of piperazine rings is 1. The SMILES string of the molecule is CCNC(=O)CN1CCN(c2nccc(-c3ccc(C)nc3C)n2)CC1. The summed E-state index contributed by atoms with van der Waals surface area (Å²) in [4.78, 5) is 29.8. The lowest BCUT2D eigenvalue weighted by molar-refractivity contribution is -0.122. The number of rotatable bonds is 5. The molecule has 26 heavy (non-hydrogen) atoms. The number of hydrogen-bond acceptors (Lipinski definition) is 6. The van der Waals surface area contributed by atoms with Crippen molar-refractivity contribution in [1.29, 1.82) is 0 Å². The van der Waals surface area contributed by atoms with Gasteiger partial charge in [0.2, 0.25) is 11.9 Å². The quantitative estimate of drug-likeness (QED) is 0.875. The summed E-state index contributed by atoms with van der Waals surface area (Å²) >= 11 is 0. The van der Waals surface area contributed by atoms with Gasteiger partial charge in [-0.25, -0.2) is 9.97 Å². The number of aromatic nitrogens is 3. The van der Waals surface area contributed by atoms with E-state index in [-0.39, 0.29) is 5.91 Å². The molecule has 7 heteroatoms. The van der Waals surface area contributed by atoms with Crippen LogP contribution in [0.2, 0.25) is 0 Å². The van der Waals surface area contributed by atoms with E-state index >= 15 is 0 Å². The van der Waals surface area contributed by atoms with Crippen LogP contribution in [0.4, 0.5) is 5.95 Å². The minimum atomic E-state index is 0.0848. The average molecular weight is 354 g/mol. The van der Waals surface area contributed by atoms with Crippen molar-refractivity contribution in [1.82, 2.24) is 25.2 Å². The lowest BCUT2D eigenvalue weighted by Crippen LogP contribution is -2.50. The molecule has 1 aliphatic rings. The van der Waals surface area contributed by atoms with Crippen LogP contribution in [0.15, 0.2) is 24.4 Å². The van der Waals surface area contributed by atoms with E-state index in [4.69, 9.17) is 4.98 Å². The third-order valence-corrected chi connectivity index (χ3v) is 4.54. The van der Waals surface area contributed by atoms with Crippen LogP contribution in [-0.2, 0) is 4.79 Å². The van der Waals surface area contributed by atoms with Crippen LogP contribution in [0, 0.1) is 13.8 Å². The highest BCUT2D eigenvalue weighted by atomic mass is 16.2. The Bertz CT molecular complexity index is 770. The third-order valence-electron chi connectivity index (χ3n) is 4.54. The Kier molecular flexibility index (Phi) is 5.78. The van der Waals surface area contributed by atoms with E-state index in [1.54, 1.807) is 6.20 Å². The second kappa shape index (κ2) is 8.23. The molecule has 1 saturated heterocycles. The molecule has 138 valence electrons. The van der Waals surface area contributed by atoms with E-state index in [1.807, 2.05) is 32.9 Å². The molecule has 0 aromatic carbocycles. The van der Waals surface area contributed by atoms with E-state index in [9.17, 15) is 4.79 Å². The van der Waals surface area contributed by atoms with Gasteiger partial charge in [0, 0.05) is 55.9 Å². The van der Waals surface area contributed by atoms with Gasteiger partial charge in [0.25, 0.3) is 0 Å². The first-order valence-corrected chi connectivity index (χ1v) is 9.08. The monoisotopic (exact) mass is 354 g/mol. The molecule has 1 N–H and O–H groups in total. The zero-order valence-corrected chi connectivity index (χ0v) is 15.7. The maximum absolute atomic E-state index is 11.7. The molecule has 0 aliphatic carbocycles. The van der Waals surface area contributed by atoms with Crippen molar-refractivity contribution in [2.24, 2.45) is 0 Å². The standard InChI is InChI=1S/C19H26N6O/c1-4-20-18(26)13-24-9-11-25(12-10-24)19-21-8-7-17(23-19)16-6-5-14(2)22-15(16)3/h5-8H,4,9-13H2,1-3H3,(H,20,26). The zero-order valence-electron chi connectivity index (χ0n) is 15.7. The summed E-state index contributed by atoms with van der Waals surface area (Å²) in [6.07, 6.45) is 1.80. The lowest BCUT2D eigenvalue weighted by Gasteiger charge is -2.34. The van der Waals surface area contributed by atoms with Crippen molar-refractivity contribution >= 4 is 11.9 Å². The molecule has 2 aromatic rings. The molecule has 7 nitrogen and oxygen atoms in total. The molecule has 0 radical (unpaired) electrons. The zero-order chi connectivity index (χ0) is 18.5. The van der Waals surface area contributed by atoms with Crippen LogP contribution in [0.5, 0.6) is 0 Å². The fourth-order valence-corrected chi connectivity index (χ4v) is 3.17. The smallest absolute Gasteiger partial charge is 0.234 e. The maximum Gasteiger partial charge on any atom is 0.234 e. The number of nitrogens with one attached hydrogen (secondary N) is 1. The average Bonchev–Trinajstić information content (AvgIpc) is 2.62. The topological polar surface area (TPSA) is 74.2 Å². The molecule has 3 heterocycles. The van der Waals surface area contributed by atoms with Gasteiger partial charge in [0.15, 0.2) is 0 Å². The first-order valence-electron chi connectivity index (χ1n) is 9.08. The molecule has 2 aromatic heterocycles. The highest BCUT2D eigenvalue weighted by molar-refractivity contribution is 5.78. The normalized spacial score (nSPS) is 15.1. The predicted molar refractivity (Wildman–Crippen MR) is 102 cm³/mol. The molecule has 3 rings (SSSR count). The van der Waals surface area contributed by atoms with E-state index in [1.165, 1.54) is 0 Å². The predicted octanol–water partition coefficient (Wildman–Crippen LogP) is 1.41. The van der Waals surface area contributed by atoms with Crippen molar-refractivity contribution in [2.45, 2.75) is 20.8 Å². The Morgan fingerprint density at radius 1 is 1.12 bits per heavy atom. The van der Waals surface area contributed by atoms with Crippen molar-refractivity contribution in [2.75, 3.05) is 44.2 Å². The van der Waals surface area contributed by atoms with Crippen LogP contribution < -0.4 is 10.2 Å². The van der Waals surface area contributed by atoms with E-state index in [2.05, 4.69) is 31.2 Å². The second-order valence-corrected chi connectivity index (χ2v) is 6.54. The number of nitrogens with zero attached hydrogens (tertiary/aromatic N) is 5. The molecule has 1 amide bonds. The number of likely N-dealkylation sites (N-methyl/N-ethyl adjacent to an activating group) is 1. The Labute approximate surface area is 154 Å². The number of hydrogen-bond donors (Lipinski definition) is 1. The fraction of sp³-hybridized carbons (Fsp3) is 0.474. The number of pyridine rings is 1. The van der Waals surface area contributed by atoms with Crippen LogP contribution in [-0.4, -0.2) is 65.0 Å². The Hall–Kier alpha value is -2.54. The summed E-state index contributed by atoms with van der Waals surface area (Å²) in [7, 11) is 0. The maximum atomic E-state index is 11.7. The first-order chi connectivity index (χ1) is 12.6. The number of carbonyl (C=O) groups is 1. The Morgan fingerprint density at radius 2 is 1.88 bits per heavy atom. The number of anilines is 1. The van der Waals surface area contributed by atoms with Crippen LogP contribution in [0.1, 0.15) is 18.3 Å². The summed E-state index contributed by atoms with van der Waals surface area (Å²) in [6, 6.07) is 5.99. The van der Waals surface area contributed by atoms with Gasteiger partial charge in [-0.15, -0.1) is 0 Å². The van der Waals surface area contributed by atoms with Crippen LogP contribution in [0.25, 0.3) is 11.3 Å². The number of carbonyl (C=O) groups excluding carboxylic acids is 1. The highest BCUT2D eigenvalue weighted by Gasteiger charge is 2.21. The molecule has 0 bridgehead atoms. The number of amides is 1. The van der Waals surface area contributed by atoms with Gasteiger partial charge in [-0.3, -0.25) is 14.7 Å². The number of aryl methyl sites for hydroxylation is 2. The van der Waals surface area contributed by atoms with Gasteiger partial charge in [-0.05, 0) is 39.0 Å². The van der Waals surface area contributed by atoms with Gasteiger partial charge in [0.1, 0.15) is 0 Å². The van der Waals surface area contributed by atoms with Gasteiger partial charge < -0.3 is 10.2 Å². The molecule has 0 atom stereocenters.